The van der Waals surface area contributed by atoms with Gasteiger partial charge in [0.05, 0.1) is 12.3 Å². The molecule has 2 rings (SSSR count). The Bertz CT molecular complexity index is 626. The van der Waals surface area contributed by atoms with Crippen LogP contribution in [0, 0.1) is 6.92 Å². The number of carbonyl (C=O) groups is 1. The maximum Gasteiger partial charge on any atom is 0.255 e. The molecule has 0 aliphatic rings. The van der Waals surface area contributed by atoms with Gasteiger partial charge < -0.3 is 10.1 Å². The first-order chi connectivity index (χ1) is 9.61. The fourth-order valence-electron chi connectivity index (χ4n) is 1.83. The van der Waals surface area contributed by atoms with Crippen molar-refractivity contribution in [3.05, 3.63) is 58.1 Å². The Kier molecular flexibility index (Phi) is 4.79. The molecule has 0 atom stereocenters. The third-order valence-corrected chi connectivity index (χ3v) is 3.74. The van der Waals surface area contributed by atoms with E-state index in [1.165, 1.54) is 0 Å². The third kappa shape index (κ3) is 3.39. The zero-order valence-corrected chi connectivity index (χ0v) is 13.0. The molecule has 2 aromatic rings. The summed E-state index contributed by atoms with van der Waals surface area (Å²) in [6, 6.07) is 12.9. The van der Waals surface area contributed by atoms with Crippen molar-refractivity contribution in [2.45, 2.75) is 13.8 Å². The molecule has 3 nitrogen and oxygen atoms in total. The molecule has 0 aromatic heterocycles. The monoisotopic (exact) mass is 333 g/mol. The minimum absolute atomic E-state index is 0.146. The quantitative estimate of drug-likeness (QED) is 0.899. The summed E-state index contributed by atoms with van der Waals surface area (Å²) >= 11 is 3.43. The van der Waals surface area contributed by atoms with Gasteiger partial charge in [0.1, 0.15) is 5.75 Å². The first kappa shape index (κ1) is 14.6. The lowest BCUT2D eigenvalue weighted by atomic mass is 10.1. The average molecular weight is 334 g/mol. The number of halogens is 1. The molecule has 20 heavy (non-hydrogen) atoms. The second-order valence-corrected chi connectivity index (χ2v) is 5.20. The van der Waals surface area contributed by atoms with Crippen LogP contribution in [0.5, 0.6) is 5.75 Å². The van der Waals surface area contributed by atoms with Crippen LogP contribution in [0.1, 0.15) is 22.8 Å². The Balaban J connectivity index is 2.21. The van der Waals surface area contributed by atoms with E-state index in [1.54, 1.807) is 6.07 Å². The Hall–Kier alpha value is -1.81. The van der Waals surface area contributed by atoms with Gasteiger partial charge in [-0.2, -0.15) is 0 Å². The van der Waals surface area contributed by atoms with Crippen LogP contribution in [0.3, 0.4) is 0 Å². The Morgan fingerprint density at radius 3 is 2.70 bits per heavy atom. The van der Waals surface area contributed by atoms with Gasteiger partial charge in [0.25, 0.3) is 5.91 Å². The van der Waals surface area contributed by atoms with E-state index in [1.807, 2.05) is 50.2 Å². The maximum atomic E-state index is 12.3. The minimum Gasteiger partial charge on any atom is -0.492 e. The van der Waals surface area contributed by atoms with Crippen LogP contribution >= 0.6 is 15.9 Å². The zero-order chi connectivity index (χ0) is 14.5. The molecule has 0 aliphatic heterocycles. The summed E-state index contributed by atoms with van der Waals surface area (Å²) in [7, 11) is 0. The minimum atomic E-state index is -0.146. The molecule has 0 unspecified atom stereocenters. The van der Waals surface area contributed by atoms with Gasteiger partial charge in [-0.25, -0.2) is 0 Å². The maximum absolute atomic E-state index is 12.3. The third-order valence-electron chi connectivity index (χ3n) is 2.86. The highest BCUT2D eigenvalue weighted by Gasteiger charge is 2.10. The summed E-state index contributed by atoms with van der Waals surface area (Å²) in [4.78, 5) is 12.3. The second-order valence-electron chi connectivity index (χ2n) is 4.35. The van der Waals surface area contributed by atoms with Gasteiger partial charge in [0, 0.05) is 10.0 Å². The van der Waals surface area contributed by atoms with Gasteiger partial charge in [-0.3, -0.25) is 4.79 Å². The Morgan fingerprint density at radius 2 is 2.00 bits per heavy atom. The van der Waals surface area contributed by atoms with E-state index in [0.29, 0.717) is 23.6 Å². The van der Waals surface area contributed by atoms with Crippen molar-refractivity contribution in [3.8, 4) is 5.75 Å². The summed E-state index contributed by atoms with van der Waals surface area (Å²) in [5.74, 6) is 0.532. The van der Waals surface area contributed by atoms with Crippen LogP contribution in [0.25, 0.3) is 0 Å². The molecule has 0 radical (unpaired) electrons. The number of rotatable bonds is 4. The highest BCUT2D eigenvalue weighted by Crippen LogP contribution is 2.25. The van der Waals surface area contributed by atoms with E-state index in [2.05, 4.69) is 21.2 Å². The van der Waals surface area contributed by atoms with E-state index >= 15 is 0 Å². The molecule has 0 aliphatic carbocycles. The summed E-state index contributed by atoms with van der Waals surface area (Å²) in [6.45, 7) is 4.43. The molecule has 104 valence electrons. The first-order valence-corrected chi connectivity index (χ1v) is 7.20. The fourth-order valence-corrected chi connectivity index (χ4v) is 2.08. The van der Waals surface area contributed by atoms with Crippen molar-refractivity contribution in [2.75, 3.05) is 11.9 Å². The van der Waals surface area contributed by atoms with Gasteiger partial charge in [0.15, 0.2) is 0 Å². The number of benzene rings is 2. The number of para-hydroxylation sites is 2. The number of carbonyl (C=O) groups excluding carboxylic acids is 1. The average Bonchev–Trinajstić information content (AvgIpc) is 2.44. The van der Waals surface area contributed by atoms with E-state index in [0.717, 1.165) is 10.0 Å². The lowest BCUT2D eigenvalue weighted by molar-refractivity contribution is 0.102. The Morgan fingerprint density at radius 1 is 1.25 bits per heavy atom. The molecule has 0 saturated heterocycles. The van der Waals surface area contributed by atoms with Crippen LogP contribution in [-0.4, -0.2) is 12.5 Å². The number of nitrogens with one attached hydrogen (secondary N) is 1. The number of anilines is 1. The van der Waals surface area contributed by atoms with Crippen molar-refractivity contribution in [2.24, 2.45) is 0 Å². The molecule has 2 aromatic carbocycles. The van der Waals surface area contributed by atoms with E-state index in [4.69, 9.17) is 4.74 Å². The number of amides is 1. The van der Waals surface area contributed by atoms with Crippen molar-refractivity contribution in [3.63, 3.8) is 0 Å². The van der Waals surface area contributed by atoms with Gasteiger partial charge >= 0.3 is 0 Å². The van der Waals surface area contributed by atoms with Crippen LogP contribution in [-0.2, 0) is 0 Å². The smallest absolute Gasteiger partial charge is 0.255 e. The number of ether oxygens (including phenoxy) is 1. The van der Waals surface area contributed by atoms with Crippen molar-refractivity contribution >= 4 is 27.5 Å². The van der Waals surface area contributed by atoms with Gasteiger partial charge in [-0.15, -0.1) is 0 Å². The molecule has 0 bridgehead atoms. The van der Waals surface area contributed by atoms with Gasteiger partial charge in [0.2, 0.25) is 0 Å². The summed E-state index contributed by atoms with van der Waals surface area (Å²) in [6.07, 6.45) is 0. The molecule has 0 heterocycles. The van der Waals surface area contributed by atoms with Crippen molar-refractivity contribution < 1.29 is 9.53 Å². The molecule has 0 fully saturated rings. The number of aryl methyl sites for hydroxylation is 1. The van der Waals surface area contributed by atoms with E-state index in [-0.39, 0.29) is 5.91 Å². The molecular formula is C16H16BrNO2. The highest BCUT2D eigenvalue weighted by atomic mass is 79.9. The van der Waals surface area contributed by atoms with Crippen LogP contribution < -0.4 is 10.1 Å². The Labute approximate surface area is 127 Å². The normalized spacial score (nSPS) is 10.2. The summed E-state index contributed by atoms with van der Waals surface area (Å²) < 4.78 is 6.48. The molecule has 0 saturated carbocycles. The molecule has 1 N–H and O–H groups in total. The SMILES string of the molecule is CCOc1ccccc1NC(=O)c1ccc(Br)c(C)c1. The number of hydrogen-bond acceptors (Lipinski definition) is 2. The van der Waals surface area contributed by atoms with Crippen LogP contribution in [0.4, 0.5) is 5.69 Å². The van der Waals surface area contributed by atoms with Crippen LogP contribution in [0.15, 0.2) is 46.9 Å². The molecule has 0 spiro atoms. The summed E-state index contributed by atoms with van der Waals surface area (Å²) in [5.41, 5.74) is 2.33. The lowest BCUT2D eigenvalue weighted by Crippen LogP contribution is -2.13. The zero-order valence-electron chi connectivity index (χ0n) is 11.4. The van der Waals surface area contributed by atoms with E-state index in [9.17, 15) is 4.79 Å². The molecular weight excluding hydrogens is 318 g/mol. The topological polar surface area (TPSA) is 38.3 Å². The van der Waals surface area contributed by atoms with Crippen LogP contribution in [0.2, 0.25) is 0 Å². The molecule has 1 amide bonds. The second kappa shape index (κ2) is 6.57. The largest absolute Gasteiger partial charge is 0.492 e. The summed E-state index contributed by atoms with van der Waals surface area (Å²) in [5, 5.41) is 2.88. The van der Waals surface area contributed by atoms with Gasteiger partial charge in [-0.05, 0) is 49.7 Å². The number of hydrogen-bond donors (Lipinski definition) is 1. The van der Waals surface area contributed by atoms with Crippen molar-refractivity contribution in [1.82, 2.24) is 0 Å². The van der Waals surface area contributed by atoms with Gasteiger partial charge in [-0.1, -0.05) is 28.1 Å². The lowest BCUT2D eigenvalue weighted by Gasteiger charge is -2.11. The predicted octanol–water partition coefficient (Wildman–Crippen LogP) is 4.41. The van der Waals surface area contributed by atoms with Crippen molar-refractivity contribution in [1.29, 1.82) is 0 Å². The highest BCUT2D eigenvalue weighted by molar-refractivity contribution is 9.10. The van der Waals surface area contributed by atoms with E-state index < -0.39 is 0 Å². The standard InChI is InChI=1S/C16H16BrNO2/c1-3-20-15-7-5-4-6-14(15)18-16(19)12-8-9-13(17)11(2)10-12/h4-10H,3H2,1-2H3,(H,18,19). The predicted molar refractivity (Wildman–Crippen MR) is 84.4 cm³/mol. The first-order valence-electron chi connectivity index (χ1n) is 6.41. The fraction of sp³-hybridized carbons (Fsp3) is 0.188. The molecule has 4 heteroatoms.